The molecule has 33 heavy (non-hydrogen) atoms. The summed E-state index contributed by atoms with van der Waals surface area (Å²) >= 11 is 0. The quantitative estimate of drug-likeness (QED) is 0.302. The van der Waals surface area contributed by atoms with Crippen LogP contribution in [0.25, 0.3) is 11.1 Å². The lowest BCUT2D eigenvalue weighted by atomic mass is 9.98. The summed E-state index contributed by atoms with van der Waals surface area (Å²) in [6.07, 6.45) is 8.01. The summed E-state index contributed by atoms with van der Waals surface area (Å²) in [6, 6.07) is 14.5. The van der Waals surface area contributed by atoms with E-state index in [1.54, 1.807) is 0 Å². The van der Waals surface area contributed by atoms with Crippen LogP contribution in [0.5, 0.6) is 0 Å². The number of amides is 1. The Morgan fingerprint density at radius 2 is 1.70 bits per heavy atom. The number of aliphatic carboxylic acids is 1. The zero-order valence-corrected chi connectivity index (χ0v) is 20.5. The highest BCUT2D eigenvalue weighted by molar-refractivity contribution is 5.79. The number of carbonyl (C=O) groups is 2. The van der Waals surface area contributed by atoms with Crippen LogP contribution in [0.2, 0.25) is 0 Å². The van der Waals surface area contributed by atoms with Crippen molar-refractivity contribution >= 4 is 17.6 Å². The van der Waals surface area contributed by atoms with Gasteiger partial charge in [0.05, 0.1) is 0 Å². The first kappa shape index (κ1) is 26.4. The predicted molar refractivity (Wildman–Crippen MR) is 136 cm³/mol. The third-order valence-electron chi connectivity index (χ3n) is 5.85. The number of anilines is 1. The fourth-order valence-electron chi connectivity index (χ4n) is 3.93. The molecule has 0 bridgehead atoms. The molecule has 0 unspecified atom stereocenters. The van der Waals surface area contributed by atoms with Gasteiger partial charge in [-0.25, -0.2) is 0 Å². The van der Waals surface area contributed by atoms with E-state index < -0.39 is 5.97 Å². The second kappa shape index (κ2) is 14.4. The van der Waals surface area contributed by atoms with E-state index in [0.29, 0.717) is 19.4 Å². The molecule has 0 aromatic heterocycles. The fourth-order valence-corrected chi connectivity index (χ4v) is 3.93. The van der Waals surface area contributed by atoms with E-state index >= 15 is 0 Å². The van der Waals surface area contributed by atoms with Crippen LogP contribution in [0, 0.1) is 0 Å². The Labute approximate surface area is 199 Å². The van der Waals surface area contributed by atoms with Gasteiger partial charge in [-0.05, 0) is 48.1 Å². The number of rotatable bonds is 15. The van der Waals surface area contributed by atoms with Crippen molar-refractivity contribution in [3.8, 4) is 11.1 Å². The minimum absolute atomic E-state index is 0.126. The molecule has 2 aromatic carbocycles. The van der Waals surface area contributed by atoms with Crippen molar-refractivity contribution < 1.29 is 14.7 Å². The maximum atomic E-state index is 12.5. The number of unbranched alkanes of at least 4 members (excludes halogenated alkanes) is 4. The van der Waals surface area contributed by atoms with Crippen molar-refractivity contribution in [1.29, 1.82) is 0 Å². The number of nitrogens with one attached hydrogen (secondary N) is 1. The van der Waals surface area contributed by atoms with E-state index in [1.807, 2.05) is 24.1 Å². The standard InChI is InChI=1S/C28H40N2O3/c1-4-6-7-8-9-13-27(31)30(3)21-23-11-10-12-24(19-23)25-16-14-22(15-17-28(32)33)20-26(25)29-18-5-2/h10-12,14,16,19-20,29H,4-9,13,15,17-18,21H2,1-3H3,(H,32,33). The second-order valence-corrected chi connectivity index (χ2v) is 8.81. The Hall–Kier alpha value is -2.82. The summed E-state index contributed by atoms with van der Waals surface area (Å²) < 4.78 is 0. The van der Waals surface area contributed by atoms with Crippen LogP contribution < -0.4 is 5.32 Å². The molecule has 1 amide bonds. The summed E-state index contributed by atoms with van der Waals surface area (Å²) in [5.41, 5.74) is 5.32. The molecule has 0 saturated carbocycles. The van der Waals surface area contributed by atoms with Crippen LogP contribution in [-0.2, 0) is 22.6 Å². The highest BCUT2D eigenvalue weighted by atomic mass is 16.4. The van der Waals surface area contributed by atoms with Gasteiger partial charge < -0.3 is 15.3 Å². The van der Waals surface area contributed by atoms with Crippen molar-refractivity contribution in [2.24, 2.45) is 0 Å². The van der Waals surface area contributed by atoms with Crippen LogP contribution in [0.3, 0.4) is 0 Å². The lowest BCUT2D eigenvalue weighted by Crippen LogP contribution is -2.25. The number of nitrogens with zero attached hydrogens (tertiary/aromatic N) is 1. The number of hydrogen-bond donors (Lipinski definition) is 2. The van der Waals surface area contributed by atoms with Gasteiger partial charge in [0.1, 0.15) is 0 Å². The lowest BCUT2D eigenvalue weighted by molar-refractivity contribution is -0.137. The number of carboxylic acid groups (broad SMARTS) is 1. The van der Waals surface area contributed by atoms with E-state index in [0.717, 1.165) is 53.7 Å². The predicted octanol–water partition coefficient (Wildman–Crippen LogP) is 6.51. The molecule has 0 aliphatic carbocycles. The molecule has 0 aliphatic heterocycles. The molecule has 5 heteroatoms. The van der Waals surface area contributed by atoms with Gasteiger partial charge in [-0.1, -0.05) is 69.9 Å². The van der Waals surface area contributed by atoms with Gasteiger partial charge in [0, 0.05) is 44.2 Å². The van der Waals surface area contributed by atoms with Crippen molar-refractivity contribution in [3.05, 3.63) is 53.6 Å². The molecular weight excluding hydrogens is 412 g/mol. The maximum absolute atomic E-state index is 12.5. The van der Waals surface area contributed by atoms with Gasteiger partial charge in [0.15, 0.2) is 0 Å². The van der Waals surface area contributed by atoms with Gasteiger partial charge in [-0.3, -0.25) is 9.59 Å². The topological polar surface area (TPSA) is 69.6 Å². The van der Waals surface area contributed by atoms with Crippen LogP contribution in [0.15, 0.2) is 42.5 Å². The smallest absolute Gasteiger partial charge is 0.303 e. The highest BCUT2D eigenvalue weighted by Gasteiger charge is 2.12. The largest absolute Gasteiger partial charge is 0.481 e. The average Bonchev–Trinajstić information content (AvgIpc) is 2.81. The van der Waals surface area contributed by atoms with Crippen LogP contribution in [-0.4, -0.2) is 35.5 Å². The molecule has 0 heterocycles. The van der Waals surface area contributed by atoms with E-state index in [9.17, 15) is 9.59 Å². The van der Waals surface area contributed by atoms with Crippen molar-refractivity contribution in [3.63, 3.8) is 0 Å². The number of aryl methyl sites for hydroxylation is 1. The molecule has 0 fully saturated rings. The zero-order valence-electron chi connectivity index (χ0n) is 20.5. The van der Waals surface area contributed by atoms with Gasteiger partial charge in [0.25, 0.3) is 0 Å². The van der Waals surface area contributed by atoms with E-state index in [1.165, 1.54) is 19.3 Å². The van der Waals surface area contributed by atoms with Crippen molar-refractivity contribution in [2.75, 3.05) is 18.9 Å². The van der Waals surface area contributed by atoms with Crippen LogP contribution in [0.1, 0.15) is 76.3 Å². The first-order valence-corrected chi connectivity index (χ1v) is 12.4. The molecule has 0 atom stereocenters. The summed E-state index contributed by atoms with van der Waals surface area (Å²) in [4.78, 5) is 25.3. The molecule has 180 valence electrons. The summed E-state index contributed by atoms with van der Waals surface area (Å²) in [5.74, 6) is -0.584. The second-order valence-electron chi connectivity index (χ2n) is 8.81. The molecule has 0 spiro atoms. The average molecular weight is 453 g/mol. The van der Waals surface area contributed by atoms with Crippen LogP contribution in [0.4, 0.5) is 5.69 Å². The zero-order chi connectivity index (χ0) is 24.1. The minimum atomic E-state index is -0.783. The van der Waals surface area contributed by atoms with E-state index in [4.69, 9.17) is 5.11 Å². The monoisotopic (exact) mass is 452 g/mol. The van der Waals surface area contributed by atoms with Crippen LogP contribution >= 0.6 is 0 Å². The minimum Gasteiger partial charge on any atom is -0.481 e. The molecule has 5 nitrogen and oxygen atoms in total. The number of benzene rings is 2. The number of carbonyl (C=O) groups excluding carboxylic acids is 1. The Morgan fingerprint density at radius 3 is 2.42 bits per heavy atom. The molecule has 2 rings (SSSR count). The fraction of sp³-hybridized carbons (Fsp3) is 0.500. The number of carboxylic acids is 1. The number of hydrogen-bond acceptors (Lipinski definition) is 3. The Morgan fingerprint density at radius 1 is 0.909 bits per heavy atom. The lowest BCUT2D eigenvalue weighted by Gasteiger charge is -2.19. The summed E-state index contributed by atoms with van der Waals surface area (Å²) in [5, 5.41) is 12.5. The van der Waals surface area contributed by atoms with Gasteiger partial charge in [0.2, 0.25) is 5.91 Å². The van der Waals surface area contributed by atoms with Crippen molar-refractivity contribution in [2.45, 2.75) is 78.2 Å². The highest BCUT2D eigenvalue weighted by Crippen LogP contribution is 2.30. The molecule has 0 aliphatic rings. The maximum Gasteiger partial charge on any atom is 0.303 e. The Bertz CT molecular complexity index is 894. The first-order chi connectivity index (χ1) is 15.9. The molecule has 2 N–H and O–H groups in total. The first-order valence-electron chi connectivity index (χ1n) is 12.4. The summed E-state index contributed by atoms with van der Waals surface area (Å²) in [6.45, 7) is 5.77. The van der Waals surface area contributed by atoms with Gasteiger partial charge in [-0.15, -0.1) is 0 Å². The van der Waals surface area contributed by atoms with Crippen molar-refractivity contribution in [1.82, 2.24) is 4.90 Å². The Balaban J connectivity index is 2.10. The Kier molecular flexibility index (Phi) is 11.5. The third kappa shape index (κ3) is 9.29. The SMILES string of the molecule is CCCCCCCC(=O)N(C)Cc1cccc(-c2ccc(CCC(=O)O)cc2NCCC)c1. The normalized spacial score (nSPS) is 10.8. The molecule has 2 aromatic rings. The van der Waals surface area contributed by atoms with E-state index in [2.05, 4.69) is 49.5 Å². The van der Waals surface area contributed by atoms with E-state index in [-0.39, 0.29) is 12.3 Å². The molecular formula is C28H40N2O3. The van der Waals surface area contributed by atoms with Gasteiger partial charge >= 0.3 is 5.97 Å². The molecule has 0 radical (unpaired) electrons. The summed E-state index contributed by atoms with van der Waals surface area (Å²) in [7, 11) is 1.88. The third-order valence-corrected chi connectivity index (χ3v) is 5.85. The van der Waals surface area contributed by atoms with Gasteiger partial charge in [-0.2, -0.15) is 0 Å². The molecule has 0 saturated heterocycles.